The molecule has 2 rings (SSSR count). The number of aryl methyl sites for hydroxylation is 3. The van der Waals surface area contributed by atoms with Crippen molar-refractivity contribution in [3.05, 3.63) is 52.3 Å². The van der Waals surface area contributed by atoms with E-state index in [-0.39, 0.29) is 0 Å². The van der Waals surface area contributed by atoms with Gasteiger partial charge in [0.05, 0.1) is 12.2 Å². The number of aromatic nitrogens is 2. The van der Waals surface area contributed by atoms with Crippen molar-refractivity contribution in [1.82, 2.24) is 15.1 Å². The molecule has 0 atom stereocenters. The zero-order chi connectivity index (χ0) is 15.4. The lowest BCUT2D eigenvalue weighted by atomic mass is 10.1. The zero-order valence-corrected chi connectivity index (χ0v) is 13.9. The van der Waals surface area contributed by atoms with E-state index in [9.17, 15) is 0 Å². The monoisotopic (exact) mass is 285 g/mol. The molecule has 0 saturated carbocycles. The zero-order valence-electron chi connectivity index (χ0n) is 13.9. The molecule has 21 heavy (non-hydrogen) atoms. The van der Waals surface area contributed by atoms with Gasteiger partial charge in [0.2, 0.25) is 0 Å². The second-order valence-corrected chi connectivity index (χ2v) is 6.39. The predicted octanol–water partition coefficient (Wildman–Crippen LogP) is 3.60. The van der Waals surface area contributed by atoms with E-state index >= 15 is 0 Å². The van der Waals surface area contributed by atoms with E-state index in [2.05, 4.69) is 74.1 Å². The highest BCUT2D eigenvalue weighted by molar-refractivity contribution is 5.30. The third kappa shape index (κ3) is 4.43. The standard InChI is InChI=1S/C18H27N3/c1-13(2)9-19-10-18-12-21(20-16(18)5)11-17-8-14(3)6-7-15(17)4/h6-8,12-13,19H,9-11H2,1-5H3. The molecule has 3 nitrogen and oxygen atoms in total. The summed E-state index contributed by atoms with van der Waals surface area (Å²) in [4.78, 5) is 0. The van der Waals surface area contributed by atoms with Crippen LogP contribution in [0.1, 0.15) is 41.8 Å². The third-order valence-corrected chi connectivity index (χ3v) is 3.75. The molecule has 0 amide bonds. The Hall–Kier alpha value is -1.61. The van der Waals surface area contributed by atoms with Gasteiger partial charge in [-0.25, -0.2) is 0 Å². The van der Waals surface area contributed by atoms with Crippen LogP contribution in [0.4, 0.5) is 0 Å². The van der Waals surface area contributed by atoms with E-state index in [0.717, 1.165) is 25.3 Å². The van der Waals surface area contributed by atoms with E-state index in [1.165, 1.54) is 22.3 Å². The fraction of sp³-hybridized carbons (Fsp3) is 0.500. The third-order valence-electron chi connectivity index (χ3n) is 3.75. The highest BCUT2D eigenvalue weighted by Crippen LogP contribution is 2.14. The molecule has 0 aliphatic carbocycles. The van der Waals surface area contributed by atoms with Crippen molar-refractivity contribution < 1.29 is 0 Å². The van der Waals surface area contributed by atoms with Gasteiger partial charge in [0.15, 0.2) is 0 Å². The number of rotatable bonds is 6. The van der Waals surface area contributed by atoms with Crippen LogP contribution >= 0.6 is 0 Å². The van der Waals surface area contributed by atoms with Crippen LogP contribution in [0.3, 0.4) is 0 Å². The molecule has 2 aromatic rings. The molecule has 0 unspecified atom stereocenters. The molecule has 1 aromatic heterocycles. The molecular weight excluding hydrogens is 258 g/mol. The maximum atomic E-state index is 4.65. The average Bonchev–Trinajstić information content (AvgIpc) is 2.74. The van der Waals surface area contributed by atoms with Gasteiger partial charge in [0.25, 0.3) is 0 Å². The first-order valence-electron chi connectivity index (χ1n) is 7.75. The lowest BCUT2D eigenvalue weighted by Crippen LogP contribution is -2.19. The predicted molar refractivity (Wildman–Crippen MR) is 88.5 cm³/mol. The Bertz CT molecular complexity index is 597. The lowest BCUT2D eigenvalue weighted by Gasteiger charge is -2.07. The molecule has 1 aromatic carbocycles. The Morgan fingerprint density at radius 3 is 2.62 bits per heavy atom. The van der Waals surface area contributed by atoms with Crippen molar-refractivity contribution in [2.24, 2.45) is 5.92 Å². The van der Waals surface area contributed by atoms with Gasteiger partial charge < -0.3 is 5.32 Å². The Morgan fingerprint density at radius 1 is 1.14 bits per heavy atom. The van der Waals surface area contributed by atoms with Gasteiger partial charge in [-0.15, -0.1) is 0 Å². The topological polar surface area (TPSA) is 29.9 Å². The number of hydrogen-bond acceptors (Lipinski definition) is 2. The van der Waals surface area contributed by atoms with Crippen molar-refractivity contribution in [3.8, 4) is 0 Å². The summed E-state index contributed by atoms with van der Waals surface area (Å²) >= 11 is 0. The van der Waals surface area contributed by atoms with Gasteiger partial charge >= 0.3 is 0 Å². The van der Waals surface area contributed by atoms with E-state index in [4.69, 9.17) is 0 Å². The molecule has 1 N–H and O–H groups in total. The van der Waals surface area contributed by atoms with Crippen molar-refractivity contribution in [2.45, 2.75) is 47.7 Å². The molecular formula is C18H27N3. The highest BCUT2D eigenvalue weighted by atomic mass is 15.3. The van der Waals surface area contributed by atoms with Crippen molar-refractivity contribution in [1.29, 1.82) is 0 Å². The summed E-state index contributed by atoms with van der Waals surface area (Å²) in [5.41, 5.74) is 6.39. The molecule has 0 fully saturated rings. The fourth-order valence-corrected chi connectivity index (χ4v) is 2.45. The lowest BCUT2D eigenvalue weighted by molar-refractivity contribution is 0.551. The van der Waals surface area contributed by atoms with Crippen molar-refractivity contribution in [3.63, 3.8) is 0 Å². The van der Waals surface area contributed by atoms with Crippen LogP contribution in [-0.2, 0) is 13.1 Å². The summed E-state index contributed by atoms with van der Waals surface area (Å²) in [7, 11) is 0. The van der Waals surface area contributed by atoms with Crippen LogP contribution in [0.15, 0.2) is 24.4 Å². The highest BCUT2D eigenvalue weighted by Gasteiger charge is 2.07. The van der Waals surface area contributed by atoms with Crippen LogP contribution in [-0.4, -0.2) is 16.3 Å². The first-order valence-corrected chi connectivity index (χ1v) is 7.75. The summed E-state index contributed by atoms with van der Waals surface area (Å²) in [5.74, 6) is 0.676. The molecule has 0 aliphatic rings. The molecule has 3 heteroatoms. The maximum Gasteiger partial charge on any atom is 0.0662 e. The summed E-state index contributed by atoms with van der Waals surface area (Å²) in [6, 6.07) is 6.60. The molecule has 1 heterocycles. The second-order valence-electron chi connectivity index (χ2n) is 6.39. The molecule has 0 spiro atoms. The Labute approximate surface area is 128 Å². The molecule has 114 valence electrons. The normalized spacial score (nSPS) is 11.3. The first kappa shape index (κ1) is 15.8. The van der Waals surface area contributed by atoms with Gasteiger partial charge in [0.1, 0.15) is 0 Å². The largest absolute Gasteiger partial charge is 0.312 e. The van der Waals surface area contributed by atoms with E-state index in [0.29, 0.717) is 5.92 Å². The van der Waals surface area contributed by atoms with Gasteiger partial charge in [-0.2, -0.15) is 5.10 Å². The first-order chi connectivity index (χ1) is 9.95. The summed E-state index contributed by atoms with van der Waals surface area (Å²) in [6.45, 7) is 13.6. The molecule has 0 bridgehead atoms. The smallest absolute Gasteiger partial charge is 0.0662 e. The quantitative estimate of drug-likeness (QED) is 0.879. The minimum Gasteiger partial charge on any atom is -0.312 e. The minimum absolute atomic E-state index is 0.676. The number of hydrogen-bond donors (Lipinski definition) is 1. The van der Waals surface area contributed by atoms with Crippen molar-refractivity contribution in [2.75, 3.05) is 6.54 Å². The fourth-order valence-electron chi connectivity index (χ4n) is 2.45. The summed E-state index contributed by atoms with van der Waals surface area (Å²) < 4.78 is 2.06. The van der Waals surface area contributed by atoms with Crippen LogP contribution in [0, 0.1) is 26.7 Å². The number of nitrogens with zero attached hydrogens (tertiary/aromatic N) is 2. The SMILES string of the molecule is Cc1ccc(C)c(Cn2cc(CNCC(C)C)c(C)n2)c1. The van der Waals surface area contributed by atoms with Crippen molar-refractivity contribution >= 4 is 0 Å². The second kappa shape index (κ2) is 6.90. The summed E-state index contributed by atoms with van der Waals surface area (Å²) in [5, 5.41) is 8.14. The Morgan fingerprint density at radius 2 is 1.90 bits per heavy atom. The van der Waals surface area contributed by atoms with Crippen LogP contribution in [0.25, 0.3) is 0 Å². The Balaban J connectivity index is 2.06. The van der Waals surface area contributed by atoms with Gasteiger partial charge in [-0.3, -0.25) is 4.68 Å². The van der Waals surface area contributed by atoms with Gasteiger partial charge in [-0.1, -0.05) is 37.6 Å². The number of nitrogens with one attached hydrogen (secondary N) is 1. The van der Waals surface area contributed by atoms with E-state index in [1.54, 1.807) is 0 Å². The Kier molecular flexibility index (Phi) is 5.18. The molecule has 0 saturated heterocycles. The van der Waals surface area contributed by atoms with E-state index < -0.39 is 0 Å². The number of benzene rings is 1. The minimum atomic E-state index is 0.676. The maximum absolute atomic E-state index is 4.65. The van der Waals surface area contributed by atoms with Gasteiger partial charge in [0, 0.05) is 18.3 Å². The average molecular weight is 285 g/mol. The van der Waals surface area contributed by atoms with Gasteiger partial charge in [-0.05, 0) is 44.4 Å². The molecule has 0 aliphatic heterocycles. The van der Waals surface area contributed by atoms with Crippen LogP contribution < -0.4 is 5.32 Å². The van der Waals surface area contributed by atoms with E-state index in [1.807, 2.05) is 0 Å². The van der Waals surface area contributed by atoms with Crippen LogP contribution in [0.5, 0.6) is 0 Å². The molecule has 0 radical (unpaired) electrons. The van der Waals surface area contributed by atoms with Crippen LogP contribution in [0.2, 0.25) is 0 Å². The summed E-state index contributed by atoms with van der Waals surface area (Å²) in [6.07, 6.45) is 2.17.